The fraction of sp³-hybridized carbons (Fsp3) is 0.154. The smallest absolute Gasteiger partial charge is 0.244 e. The number of rotatable bonds is 4. The first kappa shape index (κ1) is 15.6. The molecule has 0 spiro atoms. The van der Waals surface area contributed by atoms with E-state index in [4.69, 9.17) is 23.2 Å². The van der Waals surface area contributed by atoms with E-state index in [1.165, 1.54) is 18.0 Å². The maximum atomic E-state index is 12.2. The minimum atomic E-state index is -0.210. The van der Waals surface area contributed by atoms with Crippen molar-refractivity contribution in [2.75, 3.05) is 5.75 Å². The van der Waals surface area contributed by atoms with Crippen molar-refractivity contribution in [2.45, 2.75) is 17.0 Å². The Balaban J connectivity index is 2.19. The molecule has 0 saturated heterocycles. The largest absolute Gasteiger partial charge is 0.279 e. The van der Waals surface area contributed by atoms with E-state index in [-0.39, 0.29) is 15.8 Å². The molecule has 0 fully saturated rings. The van der Waals surface area contributed by atoms with Gasteiger partial charge in [0.25, 0.3) is 0 Å². The van der Waals surface area contributed by atoms with Crippen LogP contribution in [0.15, 0.2) is 40.5 Å². The molecule has 0 bridgehead atoms. The number of carbonyl (C=O) groups is 1. The second-order valence-electron chi connectivity index (χ2n) is 3.63. The average Bonchev–Trinajstić information content (AvgIpc) is 2.43. The van der Waals surface area contributed by atoms with Crippen LogP contribution in [-0.2, 0) is 0 Å². The summed E-state index contributed by atoms with van der Waals surface area (Å²) >= 11 is 14.3. The molecule has 0 amide bonds. The number of hydrogen-bond acceptors (Lipinski definition) is 5. The highest BCUT2D eigenvalue weighted by Crippen LogP contribution is 2.27. The molecule has 1 heterocycles. The van der Waals surface area contributed by atoms with E-state index >= 15 is 0 Å². The van der Waals surface area contributed by atoms with E-state index < -0.39 is 0 Å². The first-order valence-electron chi connectivity index (χ1n) is 5.73. The van der Waals surface area contributed by atoms with Crippen LogP contribution in [0.3, 0.4) is 0 Å². The summed E-state index contributed by atoms with van der Waals surface area (Å²) in [6.07, 6.45) is 1.46. The van der Waals surface area contributed by atoms with Gasteiger partial charge in [-0.3, -0.25) is 4.79 Å². The van der Waals surface area contributed by atoms with Crippen molar-refractivity contribution in [1.82, 2.24) is 9.97 Å². The Labute approximate surface area is 135 Å². The van der Waals surface area contributed by atoms with Gasteiger partial charge in [-0.05, 0) is 41.8 Å². The molecule has 0 aliphatic carbocycles. The molecule has 3 nitrogen and oxygen atoms in total. The Morgan fingerprint density at radius 1 is 1.25 bits per heavy atom. The zero-order valence-corrected chi connectivity index (χ0v) is 13.6. The number of nitrogens with zero attached hydrogens (tertiary/aromatic N) is 2. The SMILES string of the molecule is CCSc1ncc(Cl)c(C(=O)Sc2ccc(Cl)cc2)n1. The quantitative estimate of drug-likeness (QED) is 0.587. The van der Waals surface area contributed by atoms with Crippen LogP contribution in [0.2, 0.25) is 10.0 Å². The standard InChI is InChI=1S/C13H10Cl2N2OS2/c1-2-19-13-16-7-10(15)11(17-13)12(18)20-9-5-3-8(14)4-6-9/h3-7H,2H2,1H3. The van der Waals surface area contributed by atoms with Gasteiger partial charge >= 0.3 is 0 Å². The second-order valence-corrected chi connectivity index (χ2v) is 6.75. The van der Waals surface area contributed by atoms with Crippen molar-refractivity contribution in [3.05, 3.63) is 46.2 Å². The van der Waals surface area contributed by atoms with Gasteiger partial charge in [0.2, 0.25) is 5.12 Å². The Bertz CT molecular complexity index is 620. The molecule has 0 saturated carbocycles. The number of benzene rings is 1. The second kappa shape index (κ2) is 7.31. The van der Waals surface area contributed by atoms with E-state index in [0.717, 1.165) is 22.4 Å². The highest BCUT2D eigenvalue weighted by atomic mass is 35.5. The fourth-order valence-electron chi connectivity index (χ4n) is 1.35. The summed E-state index contributed by atoms with van der Waals surface area (Å²) in [6.45, 7) is 1.99. The molecular formula is C13H10Cl2N2OS2. The summed E-state index contributed by atoms with van der Waals surface area (Å²) in [7, 11) is 0. The molecule has 0 radical (unpaired) electrons. The van der Waals surface area contributed by atoms with Crippen LogP contribution < -0.4 is 0 Å². The number of hydrogen-bond donors (Lipinski definition) is 0. The van der Waals surface area contributed by atoms with Gasteiger partial charge in [0.15, 0.2) is 5.16 Å². The molecule has 0 atom stereocenters. The monoisotopic (exact) mass is 344 g/mol. The van der Waals surface area contributed by atoms with Crippen molar-refractivity contribution in [1.29, 1.82) is 0 Å². The third-order valence-electron chi connectivity index (χ3n) is 2.21. The van der Waals surface area contributed by atoms with Crippen LogP contribution in [-0.4, -0.2) is 20.8 Å². The van der Waals surface area contributed by atoms with Gasteiger partial charge < -0.3 is 0 Å². The van der Waals surface area contributed by atoms with Crippen molar-refractivity contribution in [3.8, 4) is 0 Å². The van der Waals surface area contributed by atoms with Crippen molar-refractivity contribution < 1.29 is 4.79 Å². The van der Waals surface area contributed by atoms with Crippen LogP contribution >= 0.6 is 46.7 Å². The maximum Gasteiger partial charge on any atom is 0.244 e. The summed E-state index contributed by atoms with van der Waals surface area (Å²) in [4.78, 5) is 21.3. The van der Waals surface area contributed by atoms with Gasteiger partial charge in [-0.1, -0.05) is 41.9 Å². The molecule has 20 heavy (non-hydrogen) atoms. The number of thioether (sulfide) groups is 2. The van der Waals surface area contributed by atoms with Crippen LogP contribution in [0.4, 0.5) is 0 Å². The van der Waals surface area contributed by atoms with Gasteiger partial charge in [0.1, 0.15) is 5.69 Å². The van der Waals surface area contributed by atoms with Gasteiger partial charge in [-0.15, -0.1) is 0 Å². The van der Waals surface area contributed by atoms with E-state index in [1.54, 1.807) is 24.3 Å². The van der Waals surface area contributed by atoms with E-state index in [1.807, 2.05) is 6.92 Å². The molecule has 0 aliphatic heterocycles. The topological polar surface area (TPSA) is 42.9 Å². The Morgan fingerprint density at radius 2 is 1.95 bits per heavy atom. The average molecular weight is 345 g/mol. The molecule has 1 aromatic heterocycles. The normalized spacial score (nSPS) is 10.6. The van der Waals surface area contributed by atoms with Crippen molar-refractivity contribution in [3.63, 3.8) is 0 Å². The molecule has 0 N–H and O–H groups in total. The predicted molar refractivity (Wildman–Crippen MR) is 85.1 cm³/mol. The van der Waals surface area contributed by atoms with E-state index in [9.17, 15) is 4.79 Å². The summed E-state index contributed by atoms with van der Waals surface area (Å²) in [6, 6.07) is 7.03. The van der Waals surface area contributed by atoms with Crippen molar-refractivity contribution >= 4 is 51.8 Å². The molecule has 104 valence electrons. The molecular weight excluding hydrogens is 335 g/mol. The number of carbonyl (C=O) groups excluding carboxylic acids is 1. The summed E-state index contributed by atoms with van der Waals surface area (Å²) in [5.41, 5.74) is 0.234. The lowest BCUT2D eigenvalue weighted by Crippen LogP contribution is -2.01. The third kappa shape index (κ3) is 4.12. The van der Waals surface area contributed by atoms with Crippen molar-refractivity contribution in [2.24, 2.45) is 0 Å². The lowest BCUT2D eigenvalue weighted by molar-refractivity contribution is 0.108. The summed E-state index contributed by atoms with van der Waals surface area (Å²) in [5, 5.41) is 1.23. The van der Waals surface area contributed by atoms with Crippen LogP contribution in [0, 0.1) is 0 Å². The molecule has 0 unspecified atom stereocenters. The van der Waals surface area contributed by atoms with Crippen LogP contribution in [0.5, 0.6) is 0 Å². The van der Waals surface area contributed by atoms with E-state index in [2.05, 4.69) is 9.97 Å². The van der Waals surface area contributed by atoms with Gasteiger partial charge in [-0.25, -0.2) is 9.97 Å². The highest BCUT2D eigenvalue weighted by molar-refractivity contribution is 8.14. The minimum absolute atomic E-state index is 0.210. The number of halogens is 2. The fourth-order valence-corrected chi connectivity index (χ4v) is 2.99. The first-order valence-corrected chi connectivity index (χ1v) is 8.29. The third-order valence-corrected chi connectivity index (χ3v) is 4.37. The summed E-state index contributed by atoms with van der Waals surface area (Å²) < 4.78 is 0. The lowest BCUT2D eigenvalue weighted by atomic mass is 10.4. The Hall–Kier alpha value is -0.750. The molecule has 2 rings (SSSR count). The lowest BCUT2D eigenvalue weighted by Gasteiger charge is -2.04. The molecule has 7 heteroatoms. The zero-order valence-electron chi connectivity index (χ0n) is 10.5. The zero-order chi connectivity index (χ0) is 14.5. The minimum Gasteiger partial charge on any atom is -0.279 e. The first-order chi connectivity index (χ1) is 9.60. The van der Waals surface area contributed by atoms with Gasteiger partial charge in [0.05, 0.1) is 11.2 Å². The van der Waals surface area contributed by atoms with Crippen LogP contribution in [0.25, 0.3) is 0 Å². The highest BCUT2D eigenvalue weighted by Gasteiger charge is 2.15. The molecule has 0 aliphatic rings. The molecule has 2 aromatic rings. The summed E-state index contributed by atoms with van der Waals surface area (Å²) in [5.74, 6) is 0.833. The van der Waals surface area contributed by atoms with Gasteiger partial charge in [0, 0.05) is 9.92 Å². The van der Waals surface area contributed by atoms with E-state index in [0.29, 0.717) is 10.2 Å². The van der Waals surface area contributed by atoms with Gasteiger partial charge in [-0.2, -0.15) is 0 Å². The molecule has 1 aromatic carbocycles. The van der Waals surface area contributed by atoms with Crippen LogP contribution in [0.1, 0.15) is 17.4 Å². The Morgan fingerprint density at radius 3 is 2.60 bits per heavy atom. The number of aromatic nitrogens is 2. The predicted octanol–water partition coefficient (Wildman–Crippen LogP) is 4.83. The maximum absolute atomic E-state index is 12.2. The Kier molecular flexibility index (Phi) is 5.72.